The molecule has 27 heavy (non-hydrogen) atoms. The van der Waals surface area contributed by atoms with Gasteiger partial charge in [-0.3, -0.25) is 14.5 Å². The number of nitrogens with one attached hydrogen (secondary N) is 2. The van der Waals surface area contributed by atoms with Gasteiger partial charge in [0, 0.05) is 5.69 Å². The lowest BCUT2D eigenvalue weighted by atomic mass is 10.0. The molecule has 5 nitrogen and oxygen atoms in total. The van der Waals surface area contributed by atoms with Crippen LogP contribution in [-0.4, -0.2) is 36.9 Å². The number of carbonyl (C=O) groups excluding carboxylic acids is 2. The highest BCUT2D eigenvalue weighted by Gasteiger charge is 2.14. The third kappa shape index (κ3) is 6.08. The zero-order valence-corrected chi connectivity index (χ0v) is 16.8. The van der Waals surface area contributed by atoms with Crippen LogP contribution in [0.2, 0.25) is 5.02 Å². The van der Waals surface area contributed by atoms with E-state index in [2.05, 4.69) is 24.5 Å². The van der Waals surface area contributed by atoms with Crippen molar-refractivity contribution in [3.05, 3.63) is 58.6 Å². The van der Waals surface area contributed by atoms with Gasteiger partial charge in [0.25, 0.3) is 0 Å². The molecular formula is C21H26ClN3O2. The molecule has 0 atom stereocenters. The van der Waals surface area contributed by atoms with Crippen molar-refractivity contribution in [2.24, 2.45) is 0 Å². The van der Waals surface area contributed by atoms with Crippen molar-refractivity contribution in [2.45, 2.75) is 26.7 Å². The van der Waals surface area contributed by atoms with E-state index in [4.69, 9.17) is 11.6 Å². The van der Waals surface area contributed by atoms with Gasteiger partial charge in [-0.05, 0) is 43.1 Å². The highest BCUT2D eigenvalue weighted by molar-refractivity contribution is 6.33. The summed E-state index contributed by atoms with van der Waals surface area (Å²) in [7, 11) is 1.73. The van der Waals surface area contributed by atoms with Crippen LogP contribution in [0.1, 0.15) is 25.0 Å². The van der Waals surface area contributed by atoms with Crippen molar-refractivity contribution >= 4 is 34.8 Å². The Kier molecular flexibility index (Phi) is 7.82. The first kappa shape index (κ1) is 20.9. The van der Waals surface area contributed by atoms with E-state index in [0.717, 1.165) is 29.7 Å². The van der Waals surface area contributed by atoms with Crippen molar-refractivity contribution in [3.8, 4) is 0 Å². The maximum absolute atomic E-state index is 12.4. The highest BCUT2D eigenvalue weighted by atomic mass is 35.5. The van der Waals surface area contributed by atoms with Gasteiger partial charge < -0.3 is 10.6 Å². The molecule has 2 N–H and O–H groups in total. The zero-order valence-electron chi connectivity index (χ0n) is 16.0. The lowest BCUT2D eigenvalue weighted by Gasteiger charge is -2.18. The molecule has 0 saturated carbocycles. The number of carbonyl (C=O) groups is 2. The van der Waals surface area contributed by atoms with E-state index < -0.39 is 0 Å². The summed E-state index contributed by atoms with van der Waals surface area (Å²) in [6.45, 7) is 4.34. The van der Waals surface area contributed by atoms with E-state index >= 15 is 0 Å². The first-order valence-electron chi connectivity index (χ1n) is 9.08. The van der Waals surface area contributed by atoms with Crippen LogP contribution < -0.4 is 10.6 Å². The molecule has 0 bridgehead atoms. The Hall–Kier alpha value is -2.37. The number of nitrogens with zero attached hydrogens (tertiary/aromatic N) is 1. The van der Waals surface area contributed by atoms with Crippen molar-refractivity contribution in [3.63, 3.8) is 0 Å². The molecule has 0 spiro atoms. The molecule has 0 heterocycles. The summed E-state index contributed by atoms with van der Waals surface area (Å²) in [6.07, 6.45) is 1.69. The van der Waals surface area contributed by atoms with E-state index in [1.165, 1.54) is 0 Å². The molecule has 0 radical (unpaired) electrons. The predicted octanol–water partition coefficient (Wildman–Crippen LogP) is 3.97. The summed E-state index contributed by atoms with van der Waals surface area (Å²) >= 11 is 6.04. The average molecular weight is 388 g/mol. The first-order valence-corrected chi connectivity index (χ1v) is 9.45. The molecule has 144 valence electrons. The number of amides is 2. The summed E-state index contributed by atoms with van der Waals surface area (Å²) in [5.41, 5.74) is 3.68. The van der Waals surface area contributed by atoms with Gasteiger partial charge in [0.1, 0.15) is 0 Å². The molecule has 6 heteroatoms. The van der Waals surface area contributed by atoms with Gasteiger partial charge >= 0.3 is 0 Å². The predicted molar refractivity (Wildman–Crippen MR) is 111 cm³/mol. The molecule has 0 saturated heterocycles. The number of anilines is 2. The summed E-state index contributed by atoms with van der Waals surface area (Å²) < 4.78 is 0. The highest BCUT2D eigenvalue weighted by Crippen LogP contribution is 2.22. The minimum absolute atomic E-state index is 0.0920. The molecular weight excluding hydrogens is 362 g/mol. The quantitative estimate of drug-likeness (QED) is 0.720. The van der Waals surface area contributed by atoms with Crippen molar-refractivity contribution < 1.29 is 9.59 Å². The number of hydrogen-bond acceptors (Lipinski definition) is 3. The van der Waals surface area contributed by atoms with E-state index in [9.17, 15) is 9.59 Å². The fraction of sp³-hybridized carbons (Fsp3) is 0.333. The minimum atomic E-state index is -0.221. The molecule has 0 fully saturated rings. The van der Waals surface area contributed by atoms with Gasteiger partial charge in [-0.1, -0.05) is 55.8 Å². The van der Waals surface area contributed by atoms with E-state index in [-0.39, 0.29) is 24.9 Å². The fourth-order valence-electron chi connectivity index (χ4n) is 2.88. The lowest BCUT2D eigenvalue weighted by molar-refractivity contribution is -0.119. The smallest absolute Gasteiger partial charge is 0.238 e. The van der Waals surface area contributed by atoms with E-state index in [0.29, 0.717) is 10.7 Å². The largest absolute Gasteiger partial charge is 0.324 e. The number of aryl methyl sites for hydroxylation is 2. The summed E-state index contributed by atoms with van der Waals surface area (Å²) in [4.78, 5) is 26.3. The third-order valence-corrected chi connectivity index (χ3v) is 4.57. The maximum atomic E-state index is 12.4. The molecule has 0 aromatic heterocycles. The first-order chi connectivity index (χ1) is 12.9. The van der Waals surface area contributed by atoms with E-state index in [1.807, 2.05) is 18.2 Å². The van der Waals surface area contributed by atoms with Crippen LogP contribution in [0, 0.1) is 0 Å². The van der Waals surface area contributed by atoms with Gasteiger partial charge in [0.05, 0.1) is 23.8 Å². The van der Waals surface area contributed by atoms with Crippen LogP contribution in [0.3, 0.4) is 0 Å². The van der Waals surface area contributed by atoms with Crippen molar-refractivity contribution in [1.29, 1.82) is 0 Å². The molecule has 0 aliphatic heterocycles. The normalized spacial score (nSPS) is 10.7. The average Bonchev–Trinajstić information content (AvgIpc) is 2.63. The third-order valence-electron chi connectivity index (χ3n) is 4.24. The van der Waals surface area contributed by atoms with Crippen molar-refractivity contribution in [2.75, 3.05) is 30.8 Å². The Morgan fingerprint density at radius 1 is 0.889 bits per heavy atom. The number of likely N-dealkylation sites (N-methyl/N-ethyl adjacent to an activating group) is 1. The second-order valence-corrected chi connectivity index (χ2v) is 6.81. The number of halogens is 1. The molecule has 0 aliphatic carbocycles. The summed E-state index contributed by atoms with van der Waals surface area (Å²) in [6, 6.07) is 13.1. The molecule has 0 unspecified atom stereocenters. The van der Waals surface area contributed by atoms with Crippen molar-refractivity contribution in [1.82, 2.24) is 4.90 Å². The Morgan fingerprint density at radius 2 is 1.44 bits per heavy atom. The molecule has 0 aliphatic rings. The zero-order chi connectivity index (χ0) is 19.8. The van der Waals surface area contributed by atoms with Gasteiger partial charge in [-0.25, -0.2) is 0 Å². The molecule has 2 aromatic rings. The Bertz CT molecular complexity index is 786. The number of benzene rings is 2. The van der Waals surface area contributed by atoms with Gasteiger partial charge in [-0.15, -0.1) is 0 Å². The monoisotopic (exact) mass is 387 g/mol. The Labute approximate surface area is 165 Å². The van der Waals surface area contributed by atoms with Crippen LogP contribution in [0.4, 0.5) is 11.4 Å². The molecule has 2 rings (SSSR count). The standard InChI is InChI=1S/C21H26ClN3O2/c1-4-15-9-8-10-16(5-2)21(15)24-20(27)14-25(3)13-19(26)23-18-12-7-6-11-17(18)22/h6-12H,4-5,13-14H2,1-3H3,(H,23,26)(H,24,27). The number of para-hydroxylation sites is 2. The maximum Gasteiger partial charge on any atom is 0.238 e. The number of hydrogen-bond donors (Lipinski definition) is 2. The topological polar surface area (TPSA) is 61.4 Å². The van der Waals surface area contributed by atoms with Crippen LogP contribution in [0.15, 0.2) is 42.5 Å². The lowest BCUT2D eigenvalue weighted by Crippen LogP contribution is -2.36. The number of rotatable bonds is 8. The molecule has 2 aromatic carbocycles. The second-order valence-electron chi connectivity index (χ2n) is 6.41. The van der Waals surface area contributed by atoms with Crippen LogP contribution in [-0.2, 0) is 22.4 Å². The van der Waals surface area contributed by atoms with Gasteiger partial charge in [-0.2, -0.15) is 0 Å². The van der Waals surface area contributed by atoms with E-state index in [1.54, 1.807) is 36.2 Å². The van der Waals surface area contributed by atoms with Crippen LogP contribution in [0.5, 0.6) is 0 Å². The van der Waals surface area contributed by atoms with Crippen LogP contribution >= 0.6 is 11.6 Å². The summed E-state index contributed by atoms with van der Waals surface area (Å²) in [5, 5.41) is 6.25. The Morgan fingerprint density at radius 3 is 2.00 bits per heavy atom. The second kappa shape index (κ2) is 10.1. The summed E-state index contributed by atoms with van der Waals surface area (Å²) in [5.74, 6) is -0.361. The molecule has 2 amide bonds. The Balaban J connectivity index is 1.92. The van der Waals surface area contributed by atoms with Crippen LogP contribution in [0.25, 0.3) is 0 Å². The fourth-order valence-corrected chi connectivity index (χ4v) is 3.06. The minimum Gasteiger partial charge on any atom is -0.324 e. The SMILES string of the molecule is CCc1cccc(CC)c1NC(=O)CN(C)CC(=O)Nc1ccccc1Cl. The van der Waals surface area contributed by atoms with Gasteiger partial charge in [0.2, 0.25) is 11.8 Å². The van der Waals surface area contributed by atoms with Gasteiger partial charge in [0.15, 0.2) is 0 Å².